The molecule has 1 heterocycles. The summed E-state index contributed by atoms with van der Waals surface area (Å²) in [4.78, 5) is 14.1. The average molecular weight is 252 g/mol. The fourth-order valence-electron chi connectivity index (χ4n) is 1.52. The quantitative estimate of drug-likeness (QED) is 0.432. The zero-order valence-corrected chi connectivity index (χ0v) is 9.96. The molecule has 0 aliphatic heterocycles. The van der Waals surface area contributed by atoms with Crippen molar-refractivity contribution in [3.05, 3.63) is 22.2 Å². The molecule has 1 aromatic heterocycles. The van der Waals surface area contributed by atoms with E-state index in [1.54, 1.807) is 0 Å². The first-order valence-corrected chi connectivity index (χ1v) is 5.88. The van der Waals surface area contributed by atoms with Gasteiger partial charge in [0.15, 0.2) is 0 Å². The van der Waals surface area contributed by atoms with Crippen LogP contribution in [-0.4, -0.2) is 29.7 Å². The standard InChI is InChI=1S/C11H16N4O3/c12-10-5-9(15(16)17)6-11(14-10)13-3-4-18-7-8-1-2-8/h5-6,8H,1-4,7H2,(H3,12,13,14). The fraction of sp³-hybridized carbons (Fsp3) is 0.545. The van der Waals surface area contributed by atoms with Crippen LogP contribution >= 0.6 is 0 Å². The third-order valence-electron chi connectivity index (χ3n) is 2.64. The molecule has 0 bridgehead atoms. The molecule has 1 aliphatic rings. The van der Waals surface area contributed by atoms with Crippen LogP contribution < -0.4 is 11.1 Å². The maximum Gasteiger partial charge on any atom is 0.276 e. The Labute approximate surface area is 104 Å². The van der Waals surface area contributed by atoms with E-state index in [9.17, 15) is 10.1 Å². The molecule has 3 N–H and O–H groups in total. The number of hydrogen-bond acceptors (Lipinski definition) is 6. The molecule has 1 aliphatic carbocycles. The maximum absolute atomic E-state index is 10.6. The van der Waals surface area contributed by atoms with Gasteiger partial charge in [-0.25, -0.2) is 4.98 Å². The Bertz CT molecular complexity index is 434. The smallest absolute Gasteiger partial charge is 0.276 e. The lowest BCUT2D eigenvalue weighted by Crippen LogP contribution is -2.12. The van der Waals surface area contributed by atoms with Gasteiger partial charge in [-0.05, 0) is 18.8 Å². The SMILES string of the molecule is Nc1cc([N+](=O)[O-])cc(NCCOCC2CC2)n1. The van der Waals surface area contributed by atoms with Crippen molar-refractivity contribution in [3.8, 4) is 0 Å². The summed E-state index contributed by atoms with van der Waals surface area (Å²) < 4.78 is 5.43. The molecule has 2 rings (SSSR count). The Kier molecular flexibility index (Phi) is 3.93. The van der Waals surface area contributed by atoms with E-state index in [1.807, 2.05) is 0 Å². The number of rotatable bonds is 7. The highest BCUT2D eigenvalue weighted by atomic mass is 16.6. The number of nitrogens with one attached hydrogen (secondary N) is 1. The van der Waals surface area contributed by atoms with E-state index in [4.69, 9.17) is 10.5 Å². The number of pyridine rings is 1. The second-order valence-corrected chi connectivity index (χ2v) is 4.34. The number of nitro groups is 1. The largest absolute Gasteiger partial charge is 0.383 e. The lowest BCUT2D eigenvalue weighted by molar-refractivity contribution is -0.384. The molecule has 98 valence electrons. The molecule has 0 amide bonds. The van der Waals surface area contributed by atoms with Crippen molar-refractivity contribution < 1.29 is 9.66 Å². The molecule has 0 atom stereocenters. The minimum atomic E-state index is -0.493. The lowest BCUT2D eigenvalue weighted by Gasteiger charge is -2.06. The molecule has 7 heteroatoms. The van der Waals surface area contributed by atoms with Gasteiger partial charge in [0.2, 0.25) is 0 Å². The van der Waals surface area contributed by atoms with E-state index in [-0.39, 0.29) is 11.5 Å². The first kappa shape index (κ1) is 12.6. The summed E-state index contributed by atoms with van der Waals surface area (Å²) in [5, 5.41) is 13.6. The molecular weight excluding hydrogens is 236 g/mol. The summed E-state index contributed by atoms with van der Waals surface area (Å²) in [5.41, 5.74) is 5.42. The number of nitrogens with zero attached hydrogens (tertiary/aromatic N) is 2. The van der Waals surface area contributed by atoms with Gasteiger partial charge >= 0.3 is 0 Å². The third-order valence-corrected chi connectivity index (χ3v) is 2.64. The number of anilines is 2. The van der Waals surface area contributed by atoms with E-state index in [1.165, 1.54) is 25.0 Å². The topological polar surface area (TPSA) is 103 Å². The minimum absolute atomic E-state index is 0.0658. The summed E-state index contributed by atoms with van der Waals surface area (Å²) in [7, 11) is 0. The highest BCUT2D eigenvalue weighted by Gasteiger charge is 2.20. The lowest BCUT2D eigenvalue weighted by atomic mass is 10.3. The highest BCUT2D eigenvalue weighted by molar-refractivity contribution is 5.52. The number of nitrogen functional groups attached to an aromatic ring is 1. The Balaban J connectivity index is 1.78. The van der Waals surface area contributed by atoms with E-state index in [0.717, 1.165) is 12.5 Å². The maximum atomic E-state index is 10.6. The summed E-state index contributed by atoms with van der Waals surface area (Å²) in [6.45, 7) is 1.91. The Morgan fingerprint density at radius 1 is 1.56 bits per heavy atom. The van der Waals surface area contributed by atoms with Crippen LogP contribution in [0.5, 0.6) is 0 Å². The van der Waals surface area contributed by atoms with Gasteiger partial charge in [-0.1, -0.05) is 0 Å². The molecule has 0 radical (unpaired) electrons. The first-order chi connectivity index (χ1) is 8.65. The van der Waals surface area contributed by atoms with Gasteiger partial charge in [-0.3, -0.25) is 10.1 Å². The van der Waals surface area contributed by atoms with Crippen LogP contribution in [0.3, 0.4) is 0 Å². The van der Waals surface area contributed by atoms with Crippen LogP contribution in [0.4, 0.5) is 17.3 Å². The van der Waals surface area contributed by atoms with E-state index >= 15 is 0 Å². The average Bonchev–Trinajstić information content (AvgIpc) is 3.12. The Morgan fingerprint density at radius 3 is 3.00 bits per heavy atom. The van der Waals surface area contributed by atoms with Crippen molar-refractivity contribution in [2.45, 2.75) is 12.8 Å². The molecule has 18 heavy (non-hydrogen) atoms. The van der Waals surface area contributed by atoms with Crippen LogP contribution in [0.1, 0.15) is 12.8 Å². The Hall–Kier alpha value is -1.89. The predicted octanol–water partition coefficient (Wildman–Crippen LogP) is 1.41. The number of hydrogen-bond donors (Lipinski definition) is 2. The van der Waals surface area contributed by atoms with Gasteiger partial charge in [0.1, 0.15) is 11.6 Å². The zero-order chi connectivity index (χ0) is 13.0. The van der Waals surface area contributed by atoms with E-state index in [2.05, 4.69) is 10.3 Å². The van der Waals surface area contributed by atoms with E-state index < -0.39 is 4.92 Å². The first-order valence-electron chi connectivity index (χ1n) is 5.88. The monoisotopic (exact) mass is 252 g/mol. The summed E-state index contributed by atoms with van der Waals surface area (Å²) >= 11 is 0. The van der Waals surface area contributed by atoms with Crippen molar-refractivity contribution in [3.63, 3.8) is 0 Å². The van der Waals surface area contributed by atoms with Crippen LogP contribution in [0.2, 0.25) is 0 Å². The predicted molar refractivity (Wildman–Crippen MR) is 67.3 cm³/mol. The van der Waals surface area contributed by atoms with Gasteiger partial charge in [-0.15, -0.1) is 0 Å². The van der Waals surface area contributed by atoms with Gasteiger partial charge in [0, 0.05) is 13.2 Å². The van der Waals surface area contributed by atoms with Crippen molar-refractivity contribution in [2.75, 3.05) is 30.8 Å². The number of nitrogens with two attached hydrogens (primary N) is 1. The van der Waals surface area contributed by atoms with Crippen molar-refractivity contribution in [2.24, 2.45) is 5.92 Å². The highest BCUT2D eigenvalue weighted by Crippen LogP contribution is 2.28. The molecular formula is C11H16N4O3. The minimum Gasteiger partial charge on any atom is -0.383 e. The summed E-state index contributed by atoms with van der Waals surface area (Å²) in [6.07, 6.45) is 2.52. The summed E-state index contributed by atoms with van der Waals surface area (Å²) in [5.74, 6) is 1.26. The van der Waals surface area contributed by atoms with Crippen LogP contribution in [-0.2, 0) is 4.74 Å². The summed E-state index contributed by atoms with van der Waals surface area (Å²) in [6, 6.07) is 2.59. The molecule has 0 spiro atoms. The van der Waals surface area contributed by atoms with Crippen LogP contribution in [0, 0.1) is 16.0 Å². The third kappa shape index (κ3) is 3.85. The molecule has 1 aromatic rings. The molecule has 1 saturated carbocycles. The number of ether oxygens (including phenoxy) is 1. The van der Waals surface area contributed by atoms with Crippen molar-refractivity contribution in [1.29, 1.82) is 0 Å². The van der Waals surface area contributed by atoms with Crippen molar-refractivity contribution in [1.82, 2.24) is 4.98 Å². The molecule has 0 aromatic carbocycles. The zero-order valence-electron chi connectivity index (χ0n) is 9.96. The van der Waals surface area contributed by atoms with Gasteiger partial charge in [0.25, 0.3) is 5.69 Å². The van der Waals surface area contributed by atoms with Gasteiger partial charge in [-0.2, -0.15) is 0 Å². The van der Waals surface area contributed by atoms with Crippen LogP contribution in [0.25, 0.3) is 0 Å². The van der Waals surface area contributed by atoms with Crippen LogP contribution in [0.15, 0.2) is 12.1 Å². The normalized spacial score (nSPS) is 14.4. The van der Waals surface area contributed by atoms with Gasteiger partial charge < -0.3 is 15.8 Å². The number of aromatic nitrogens is 1. The second-order valence-electron chi connectivity index (χ2n) is 4.34. The molecule has 7 nitrogen and oxygen atoms in total. The second kappa shape index (κ2) is 5.63. The molecule has 0 saturated heterocycles. The van der Waals surface area contributed by atoms with Crippen molar-refractivity contribution >= 4 is 17.3 Å². The molecule has 1 fully saturated rings. The molecule has 0 unspecified atom stereocenters. The van der Waals surface area contributed by atoms with Gasteiger partial charge in [0.05, 0.1) is 23.7 Å². The Morgan fingerprint density at radius 2 is 2.33 bits per heavy atom. The van der Waals surface area contributed by atoms with E-state index in [0.29, 0.717) is 19.0 Å². The fourth-order valence-corrected chi connectivity index (χ4v) is 1.52.